The van der Waals surface area contributed by atoms with E-state index in [0.29, 0.717) is 0 Å². The third kappa shape index (κ3) is 2.22. The second kappa shape index (κ2) is 4.41. The molecular weight excluding hydrogens is 172 g/mol. The smallest absolute Gasteiger partial charge is 0.136 e. The number of Topliss-reactive ketones (excluding diaryl/α,β-unsaturated/α-hetero) is 1. The van der Waals surface area contributed by atoms with Gasteiger partial charge in [0.25, 0.3) is 0 Å². The van der Waals surface area contributed by atoms with E-state index >= 15 is 0 Å². The summed E-state index contributed by atoms with van der Waals surface area (Å²) < 4.78 is 0. The normalized spacial score (nSPS) is 12.6. The van der Waals surface area contributed by atoms with Gasteiger partial charge in [0.1, 0.15) is 5.78 Å². The molecule has 1 atom stereocenters. The zero-order chi connectivity index (χ0) is 10.7. The number of carbonyl (C=O) groups excluding carboxylic acids is 1. The van der Waals surface area contributed by atoms with Crippen LogP contribution in [0.15, 0.2) is 18.2 Å². The Morgan fingerprint density at radius 3 is 2.57 bits per heavy atom. The van der Waals surface area contributed by atoms with Crippen molar-refractivity contribution in [1.82, 2.24) is 0 Å². The third-order valence-electron chi connectivity index (χ3n) is 2.76. The van der Waals surface area contributed by atoms with Crippen LogP contribution >= 0.6 is 0 Å². The average Bonchev–Trinajstić information content (AvgIpc) is 2.16. The van der Waals surface area contributed by atoms with Crippen molar-refractivity contribution < 1.29 is 4.79 Å². The lowest BCUT2D eigenvalue weighted by Gasteiger charge is -2.13. The van der Waals surface area contributed by atoms with Crippen molar-refractivity contribution in [2.75, 3.05) is 0 Å². The summed E-state index contributed by atoms with van der Waals surface area (Å²) in [6, 6.07) is 6.37. The van der Waals surface area contributed by atoms with E-state index in [1.165, 1.54) is 16.7 Å². The predicted octanol–water partition coefficient (Wildman–Crippen LogP) is 3.25. The van der Waals surface area contributed by atoms with Gasteiger partial charge in [-0.3, -0.25) is 4.79 Å². The first-order valence-corrected chi connectivity index (χ1v) is 5.16. The third-order valence-corrected chi connectivity index (χ3v) is 2.76. The lowest BCUT2D eigenvalue weighted by molar-refractivity contribution is -0.118. The van der Waals surface area contributed by atoms with Crippen LogP contribution in [0.1, 0.15) is 43.4 Å². The molecule has 14 heavy (non-hydrogen) atoms. The summed E-state index contributed by atoms with van der Waals surface area (Å²) in [6.07, 6.45) is 0.993. The molecule has 0 aliphatic rings. The number of benzene rings is 1. The monoisotopic (exact) mass is 190 g/mol. The summed E-state index contributed by atoms with van der Waals surface area (Å²) in [7, 11) is 0. The van der Waals surface area contributed by atoms with Crippen LogP contribution in [0.25, 0.3) is 0 Å². The second-order valence-electron chi connectivity index (χ2n) is 3.89. The van der Waals surface area contributed by atoms with Gasteiger partial charge in [0.15, 0.2) is 0 Å². The molecule has 1 aromatic carbocycles. The molecule has 0 aliphatic heterocycles. The molecule has 0 N–H and O–H groups in total. The quantitative estimate of drug-likeness (QED) is 0.715. The molecule has 1 aromatic rings. The first kappa shape index (κ1) is 11.0. The Kier molecular flexibility index (Phi) is 3.45. The summed E-state index contributed by atoms with van der Waals surface area (Å²) in [5, 5.41) is 0. The number of carbonyl (C=O) groups is 1. The first-order valence-electron chi connectivity index (χ1n) is 5.16. The minimum Gasteiger partial charge on any atom is -0.299 e. The molecule has 76 valence electrons. The highest BCUT2D eigenvalue weighted by atomic mass is 16.1. The molecule has 1 nitrogen and oxygen atoms in total. The largest absolute Gasteiger partial charge is 0.299 e. The van der Waals surface area contributed by atoms with Gasteiger partial charge in [0.05, 0.1) is 0 Å². The van der Waals surface area contributed by atoms with Gasteiger partial charge in [0, 0.05) is 5.92 Å². The lowest BCUT2D eigenvalue weighted by Crippen LogP contribution is -2.07. The first-order chi connectivity index (χ1) is 6.56. The molecule has 1 rings (SSSR count). The van der Waals surface area contributed by atoms with Crippen LogP contribution in [0.3, 0.4) is 0 Å². The van der Waals surface area contributed by atoms with E-state index in [9.17, 15) is 4.79 Å². The van der Waals surface area contributed by atoms with E-state index < -0.39 is 0 Å². The number of ketones is 1. The van der Waals surface area contributed by atoms with Crippen molar-refractivity contribution in [1.29, 1.82) is 0 Å². The van der Waals surface area contributed by atoms with E-state index in [0.717, 1.165) is 6.42 Å². The molecule has 0 fully saturated rings. The predicted molar refractivity (Wildman–Crippen MR) is 59.7 cm³/mol. The van der Waals surface area contributed by atoms with Crippen molar-refractivity contribution in [3.8, 4) is 0 Å². The van der Waals surface area contributed by atoms with E-state index in [2.05, 4.69) is 32.0 Å². The molecule has 0 radical (unpaired) electrons. The van der Waals surface area contributed by atoms with Crippen LogP contribution in [-0.4, -0.2) is 5.78 Å². The summed E-state index contributed by atoms with van der Waals surface area (Å²) in [4.78, 5) is 11.3. The molecule has 0 saturated heterocycles. The number of hydrogen-bond acceptors (Lipinski definition) is 1. The van der Waals surface area contributed by atoms with Gasteiger partial charge in [-0.25, -0.2) is 0 Å². The van der Waals surface area contributed by atoms with E-state index in [-0.39, 0.29) is 11.7 Å². The van der Waals surface area contributed by atoms with Gasteiger partial charge >= 0.3 is 0 Å². The minimum atomic E-state index is 0.0323. The van der Waals surface area contributed by atoms with Gasteiger partial charge in [0.2, 0.25) is 0 Å². The Morgan fingerprint density at radius 2 is 2.07 bits per heavy atom. The highest BCUT2D eigenvalue weighted by Gasteiger charge is 2.13. The van der Waals surface area contributed by atoms with Gasteiger partial charge in [-0.2, -0.15) is 0 Å². The maximum Gasteiger partial charge on any atom is 0.136 e. The maximum absolute atomic E-state index is 11.3. The van der Waals surface area contributed by atoms with Crippen molar-refractivity contribution in [3.05, 3.63) is 34.9 Å². The molecule has 0 saturated carbocycles. The Bertz CT molecular complexity index is 339. The van der Waals surface area contributed by atoms with Gasteiger partial charge in [-0.1, -0.05) is 37.6 Å². The van der Waals surface area contributed by atoms with Crippen LogP contribution in [0.2, 0.25) is 0 Å². The van der Waals surface area contributed by atoms with Gasteiger partial charge in [-0.05, 0) is 31.4 Å². The van der Waals surface area contributed by atoms with Crippen LogP contribution in [0, 0.1) is 6.92 Å². The van der Waals surface area contributed by atoms with Crippen LogP contribution in [0.4, 0.5) is 0 Å². The number of aryl methyl sites for hydroxylation is 2. The van der Waals surface area contributed by atoms with Crippen molar-refractivity contribution >= 4 is 5.78 Å². The Hall–Kier alpha value is -1.11. The standard InChI is InChI=1S/C13H18O/c1-5-12-7-6-9(2)8-13(12)10(3)11(4)14/h6-8,10H,5H2,1-4H3/t10-/m1/s1. The topological polar surface area (TPSA) is 17.1 Å². The molecule has 0 spiro atoms. The lowest BCUT2D eigenvalue weighted by atomic mass is 9.90. The molecule has 0 aliphatic carbocycles. The Balaban J connectivity index is 3.16. The molecule has 0 aromatic heterocycles. The van der Waals surface area contributed by atoms with E-state index in [1.54, 1.807) is 6.92 Å². The zero-order valence-corrected chi connectivity index (χ0v) is 9.42. The summed E-state index contributed by atoms with van der Waals surface area (Å²) in [5.74, 6) is 0.273. The highest BCUT2D eigenvalue weighted by molar-refractivity contribution is 5.83. The fourth-order valence-corrected chi connectivity index (χ4v) is 1.66. The van der Waals surface area contributed by atoms with Crippen LogP contribution < -0.4 is 0 Å². The van der Waals surface area contributed by atoms with Crippen LogP contribution in [0.5, 0.6) is 0 Å². The number of hydrogen-bond donors (Lipinski definition) is 0. The molecular formula is C13H18O. The van der Waals surface area contributed by atoms with Crippen molar-refractivity contribution in [2.24, 2.45) is 0 Å². The fraction of sp³-hybridized carbons (Fsp3) is 0.462. The second-order valence-corrected chi connectivity index (χ2v) is 3.89. The molecule has 0 unspecified atom stereocenters. The summed E-state index contributed by atoms with van der Waals surface area (Å²) in [5.41, 5.74) is 3.71. The minimum absolute atomic E-state index is 0.0323. The maximum atomic E-state index is 11.3. The highest BCUT2D eigenvalue weighted by Crippen LogP contribution is 2.22. The van der Waals surface area contributed by atoms with E-state index in [1.807, 2.05) is 6.92 Å². The number of rotatable bonds is 3. The molecule has 0 bridgehead atoms. The van der Waals surface area contributed by atoms with Crippen molar-refractivity contribution in [2.45, 2.75) is 40.0 Å². The Labute approximate surface area is 86.1 Å². The SMILES string of the molecule is CCc1ccc(C)cc1[C@H](C)C(C)=O. The van der Waals surface area contributed by atoms with Crippen molar-refractivity contribution in [3.63, 3.8) is 0 Å². The average molecular weight is 190 g/mol. The zero-order valence-electron chi connectivity index (χ0n) is 9.42. The summed E-state index contributed by atoms with van der Waals surface area (Å²) in [6.45, 7) is 7.83. The summed E-state index contributed by atoms with van der Waals surface area (Å²) >= 11 is 0. The fourth-order valence-electron chi connectivity index (χ4n) is 1.66. The molecule has 0 amide bonds. The van der Waals surface area contributed by atoms with E-state index in [4.69, 9.17) is 0 Å². The molecule has 0 heterocycles. The Morgan fingerprint density at radius 1 is 1.43 bits per heavy atom. The van der Waals surface area contributed by atoms with Gasteiger partial charge in [-0.15, -0.1) is 0 Å². The van der Waals surface area contributed by atoms with Crippen LogP contribution in [-0.2, 0) is 11.2 Å². The van der Waals surface area contributed by atoms with Gasteiger partial charge < -0.3 is 0 Å². The molecule has 1 heteroatoms.